The molecule has 156 valence electrons. The van der Waals surface area contributed by atoms with Crippen LogP contribution in [0.25, 0.3) is 0 Å². The zero-order chi connectivity index (χ0) is 18.9. The van der Waals surface area contributed by atoms with Gasteiger partial charge in [0.15, 0.2) is 5.96 Å². The van der Waals surface area contributed by atoms with Gasteiger partial charge in [-0.15, -0.1) is 35.7 Å². The van der Waals surface area contributed by atoms with Crippen LogP contribution in [0, 0.1) is 17.3 Å². The molecule has 4 atom stereocenters. The van der Waals surface area contributed by atoms with E-state index in [2.05, 4.69) is 61.3 Å². The van der Waals surface area contributed by atoms with E-state index in [1.165, 1.54) is 23.5 Å². The van der Waals surface area contributed by atoms with Crippen LogP contribution in [0.2, 0.25) is 0 Å². The van der Waals surface area contributed by atoms with Gasteiger partial charge in [-0.2, -0.15) is 0 Å². The summed E-state index contributed by atoms with van der Waals surface area (Å²) in [6.45, 7) is 10.8. The van der Waals surface area contributed by atoms with E-state index in [9.17, 15) is 0 Å². The Balaban J connectivity index is 0.00000225. The Labute approximate surface area is 191 Å². The first-order valence-corrected chi connectivity index (χ1v) is 11.4. The quantitative estimate of drug-likeness (QED) is 0.271. The average Bonchev–Trinajstić information content (AvgIpc) is 3.33. The van der Waals surface area contributed by atoms with Gasteiger partial charge in [-0.1, -0.05) is 32.0 Å². The monoisotopic (exact) mass is 515 g/mol. The van der Waals surface area contributed by atoms with Crippen LogP contribution >= 0.6 is 35.7 Å². The van der Waals surface area contributed by atoms with Gasteiger partial charge >= 0.3 is 0 Å². The molecule has 2 aliphatic heterocycles. The standard InChI is InChI=1S/C22H33N3OS.HI/c1-4-23-21(24-19-18-11-13-26-20(18)22(19,2)3)25-12-10-16(14-25)15-27-17-8-6-5-7-9-17;/h5-9,16,18-20H,4,10-15H2,1-3H3,(H,23,24);1H. The molecule has 2 heterocycles. The lowest BCUT2D eigenvalue weighted by atomic mass is 9.57. The summed E-state index contributed by atoms with van der Waals surface area (Å²) in [7, 11) is 0. The largest absolute Gasteiger partial charge is 0.377 e. The molecule has 1 aliphatic carbocycles. The van der Waals surface area contributed by atoms with Gasteiger partial charge in [-0.05, 0) is 37.8 Å². The first kappa shape index (κ1) is 22.2. The highest BCUT2D eigenvalue weighted by Crippen LogP contribution is 2.52. The number of hydrogen-bond donors (Lipinski definition) is 1. The van der Waals surface area contributed by atoms with Crippen LogP contribution in [-0.4, -0.2) is 55.0 Å². The number of nitrogens with zero attached hydrogens (tertiary/aromatic N) is 2. The predicted molar refractivity (Wildman–Crippen MR) is 129 cm³/mol. The number of halogens is 1. The summed E-state index contributed by atoms with van der Waals surface area (Å²) in [4.78, 5) is 8.70. The topological polar surface area (TPSA) is 36.9 Å². The Kier molecular flexibility index (Phi) is 7.59. The highest BCUT2D eigenvalue weighted by Gasteiger charge is 2.59. The molecule has 4 unspecified atom stereocenters. The molecule has 3 aliphatic rings. The van der Waals surface area contributed by atoms with Crippen LogP contribution in [0.15, 0.2) is 40.2 Å². The first-order valence-electron chi connectivity index (χ1n) is 10.4. The minimum atomic E-state index is 0. The summed E-state index contributed by atoms with van der Waals surface area (Å²) in [6.07, 6.45) is 2.86. The summed E-state index contributed by atoms with van der Waals surface area (Å²) in [5.74, 6) is 3.69. The van der Waals surface area contributed by atoms with Crippen molar-refractivity contribution in [3.05, 3.63) is 30.3 Å². The van der Waals surface area contributed by atoms with E-state index in [4.69, 9.17) is 9.73 Å². The van der Waals surface area contributed by atoms with E-state index in [0.29, 0.717) is 18.1 Å². The number of aliphatic imine (C=N–C) groups is 1. The Hall–Kier alpha value is -0.470. The number of nitrogens with one attached hydrogen (secondary N) is 1. The third-order valence-corrected chi connectivity index (χ3v) is 7.75. The number of rotatable bonds is 5. The molecule has 1 saturated carbocycles. The van der Waals surface area contributed by atoms with Crippen LogP contribution in [0.4, 0.5) is 0 Å². The molecule has 1 aromatic rings. The van der Waals surface area contributed by atoms with Crippen LogP contribution < -0.4 is 5.32 Å². The van der Waals surface area contributed by atoms with Crippen molar-refractivity contribution in [2.45, 2.75) is 50.7 Å². The second-order valence-electron chi connectivity index (χ2n) is 8.71. The van der Waals surface area contributed by atoms with Crippen molar-refractivity contribution in [1.29, 1.82) is 0 Å². The molecule has 0 bridgehead atoms. The molecule has 0 aromatic heterocycles. The lowest BCUT2D eigenvalue weighted by Crippen LogP contribution is -2.68. The molecule has 2 saturated heterocycles. The van der Waals surface area contributed by atoms with Crippen LogP contribution in [-0.2, 0) is 4.74 Å². The number of hydrogen-bond acceptors (Lipinski definition) is 3. The van der Waals surface area contributed by atoms with E-state index in [0.717, 1.165) is 38.1 Å². The minimum absolute atomic E-state index is 0. The first-order chi connectivity index (χ1) is 13.1. The Morgan fingerprint density at radius 2 is 2.07 bits per heavy atom. The molecule has 6 heteroatoms. The summed E-state index contributed by atoms with van der Waals surface area (Å²) >= 11 is 1.98. The van der Waals surface area contributed by atoms with Gasteiger partial charge in [0.1, 0.15) is 0 Å². The lowest BCUT2D eigenvalue weighted by Gasteiger charge is -2.55. The molecule has 0 spiro atoms. The number of guanidine groups is 1. The fourth-order valence-electron chi connectivity index (χ4n) is 5.03. The second kappa shape index (κ2) is 9.56. The van der Waals surface area contributed by atoms with Gasteiger partial charge in [-0.3, -0.25) is 4.99 Å². The molecule has 28 heavy (non-hydrogen) atoms. The van der Waals surface area contributed by atoms with Crippen molar-refractivity contribution < 1.29 is 4.74 Å². The van der Waals surface area contributed by atoms with Gasteiger partial charge < -0.3 is 15.0 Å². The molecule has 0 radical (unpaired) electrons. The van der Waals surface area contributed by atoms with Crippen molar-refractivity contribution in [3.8, 4) is 0 Å². The zero-order valence-electron chi connectivity index (χ0n) is 17.3. The van der Waals surface area contributed by atoms with E-state index in [1.807, 2.05) is 11.8 Å². The van der Waals surface area contributed by atoms with Crippen LogP contribution in [0.3, 0.4) is 0 Å². The van der Waals surface area contributed by atoms with Crippen molar-refractivity contribution in [1.82, 2.24) is 10.2 Å². The summed E-state index contributed by atoms with van der Waals surface area (Å²) < 4.78 is 5.96. The van der Waals surface area contributed by atoms with Gasteiger partial charge in [-0.25, -0.2) is 0 Å². The predicted octanol–water partition coefficient (Wildman–Crippen LogP) is 4.50. The highest BCUT2D eigenvalue weighted by molar-refractivity contribution is 14.0. The van der Waals surface area contributed by atoms with Crippen molar-refractivity contribution in [2.75, 3.05) is 32.0 Å². The van der Waals surface area contributed by atoms with Gasteiger partial charge in [0.2, 0.25) is 0 Å². The van der Waals surface area contributed by atoms with E-state index >= 15 is 0 Å². The maximum atomic E-state index is 5.96. The number of likely N-dealkylation sites (tertiary alicyclic amines) is 1. The Bertz CT molecular complexity index is 669. The fourth-order valence-corrected chi connectivity index (χ4v) is 6.08. The van der Waals surface area contributed by atoms with E-state index < -0.39 is 0 Å². The second-order valence-corrected chi connectivity index (χ2v) is 9.80. The highest BCUT2D eigenvalue weighted by atomic mass is 127. The molecule has 3 fully saturated rings. The van der Waals surface area contributed by atoms with E-state index in [1.54, 1.807) is 0 Å². The zero-order valence-corrected chi connectivity index (χ0v) is 20.4. The summed E-state index contributed by atoms with van der Waals surface area (Å²) in [5.41, 5.74) is 0.192. The molecular formula is C22H34IN3OS. The lowest BCUT2D eigenvalue weighted by molar-refractivity contribution is -0.107. The van der Waals surface area contributed by atoms with Gasteiger partial charge in [0, 0.05) is 54.3 Å². The van der Waals surface area contributed by atoms with Crippen molar-refractivity contribution in [3.63, 3.8) is 0 Å². The molecule has 1 aromatic carbocycles. The Morgan fingerprint density at radius 1 is 1.29 bits per heavy atom. The smallest absolute Gasteiger partial charge is 0.194 e. The average molecular weight is 516 g/mol. The molecule has 4 nitrogen and oxygen atoms in total. The van der Waals surface area contributed by atoms with Crippen molar-refractivity contribution >= 4 is 41.7 Å². The van der Waals surface area contributed by atoms with Gasteiger partial charge in [0.05, 0.1) is 6.10 Å². The SMILES string of the molecule is CCN=C(NC1C2CCOC2C1(C)C)N1CCC(CSc2ccccc2)C1.I. The number of ether oxygens (including phenoxy) is 1. The number of thioether (sulfide) groups is 1. The normalized spacial score (nSPS) is 31.1. The molecule has 0 amide bonds. The van der Waals surface area contributed by atoms with E-state index in [-0.39, 0.29) is 29.4 Å². The third kappa shape index (κ3) is 4.48. The number of fused-ring (bicyclic) bond motifs is 1. The number of benzene rings is 1. The van der Waals surface area contributed by atoms with Crippen molar-refractivity contribution in [2.24, 2.45) is 22.2 Å². The molecular weight excluding hydrogens is 481 g/mol. The van der Waals surface area contributed by atoms with Crippen LogP contribution in [0.1, 0.15) is 33.6 Å². The summed E-state index contributed by atoms with van der Waals surface area (Å²) in [5, 5.41) is 3.84. The minimum Gasteiger partial charge on any atom is -0.377 e. The Morgan fingerprint density at radius 3 is 2.82 bits per heavy atom. The molecule has 4 rings (SSSR count). The van der Waals surface area contributed by atoms with Gasteiger partial charge in [0.25, 0.3) is 0 Å². The maximum Gasteiger partial charge on any atom is 0.194 e. The third-order valence-electron chi connectivity index (χ3n) is 6.51. The fraction of sp³-hybridized carbons (Fsp3) is 0.682. The van der Waals surface area contributed by atoms with Crippen LogP contribution in [0.5, 0.6) is 0 Å². The maximum absolute atomic E-state index is 5.96. The molecule has 1 N–H and O–H groups in total. The summed E-state index contributed by atoms with van der Waals surface area (Å²) in [6, 6.07) is 11.2.